The first-order valence-electron chi connectivity index (χ1n) is 9.22. The molecule has 1 saturated heterocycles. The Morgan fingerprint density at radius 2 is 1.74 bits per heavy atom. The highest BCUT2D eigenvalue weighted by Gasteiger charge is 2.26. The van der Waals surface area contributed by atoms with Crippen molar-refractivity contribution in [2.75, 3.05) is 33.3 Å². The van der Waals surface area contributed by atoms with Crippen LogP contribution in [0.2, 0.25) is 0 Å². The number of piperazine rings is 1. The number of nitrogens with zero attached hydrogens (tertiary/aromatic N) is 3. The zero-order valence-corrected chi connectivity index (χ0v) is 16.5. The average molecular weight is 369 g/mol. The Morgan fingerprint density at radius 3 is 2.33 bits per heavy atom. The fraction of sp³-hybridized carbons (Fsp3) is 0.429. The third kappa shape index (κ3) is 4.15. The molecule has 6 nitrogen and oxygen atoms in total. The van der Waals surface area contributed by atoms with Crippen LogP contribution in [-0.2, 0) is 18.3 Å². The summed E-state index contributed by atoms with van der Waals surface area (Å²) in [5, 5.41) is 0. The third-order valence-electron chi connectivity index (χ3n) is 5.12. The predicted octanol–water partition coefficient (Wildman–Crippen LogP) is 2.18. The maximum Gasteiger partial charge on any atom is 0.255 e. The Bertz CT molecular complexity index is 848. The molecule has 0 unspecified atom stereocenters. The van der Waals surface area contributed by atoms with Gasteiger partial charge in [-0.05, 0) is 37.1 Å². The van der Waals surface area contributed by atoms with Crippen molar-refractivity contribution in [2.45, 2.75) is 20.3 Å². The van der Waals surface area contributed by atoms with Gasteiger partial charge in [-0.3, -0.25) is 9.59 Å². The summed E-state index contributed by atoms with van der Waals surface area (Å²) >= 11 is 0. The fourth-order valence-corrected chi connectivity index (χ4v) is 3.60. The van der Waals surface area contributed by atoms with E-state index < -0.39 is 0 Å². The molecule has 2 heterocycles. The van der Waals surface area contributed by atoms with Crippen LogP contribution >= 0.6 is 0 Å². The van der Waals surface area contributed by atoms with Crippen molar-refractivity contribution in [3.05, 3.63) is 52.8 Å². The smallest absolute Gasteiger partial charge is 0.255 e. The number of carbonyl (C=O) groups excluding carboxylic acids is 2. The van der Waals surface area contributed by atoms with Crippen LogP contribution in [0.15, 0.2) is 30.6 Å². The maximum absolute atomic E-state index is 12.8. The lowest BCUT2D eigenvalue weighted by atomic mass is 10.0. The summed E-state index contributed by atoms with van der Waals surface area (Å²) in [7, 11) is 3.53. The molecule has 1 aromatic carbocycles. The second kappa shape index (κ2) is 7.86. The number of ether oxygens (including phenoxy) is 1. The van der Waals surface area contributed by atoms with Crippen LogP contribution in [-0.4, -0.2) is 59.5 Å². The summed E-state index contributed by atoms with van der Waals surface area (Å²) < 4.78 is 7.33. The van der Waals surface area contributed by atoms with Gasteiger partial charge in [-0.2, -0.15) is 0 Å². The lowest BCUT2D eigenvalue weighted by Crippen LogP contribution is -2.51. The highest BCUT2D eigenvalue weighted by atomic mass is 16.5. The van der Waals surface area contributed by atoms with E-state index in [1.807, 2.05) is 59.8 Å². The van der Waals surface area contributed by atoms with Gasteiger partial charge in [-0.15, -0.1) is 0 Å². The molecule has 0 bridgehead atoms. The highest BCUT2D eigenvalue weighted by Crippen LogP contribution is 2.25. The van der Waals surface area contributed by atoms with Gasteiger partial charge in [0.2, 0.25) is 5.91 Å². The van der Waals surface area contributed by atoms with Crippen molar-refractivity contribution in [1.29, 1.82) is 0 Å². The molecule has 3 rings (SSSR count). The van der Waals surface area contributed by atoms with E-state index in [0.29, 0.717) is 38.2 Å². The Balaban J connectivity index is 1.61. The van der Waals surface area contributed by atoms with Crippen LogP contribution in [0.5, 0.6) is 5.75 Å². The summed E-state index contributed by atoms with van der Waals surface area (Å²) in [6.45, 7) is 6.26. The van der Waals surface area contributed by atoms with Crippen LogP contribution in [0.3, 0.4) is 0 Å². The van der Waals surface area contributed by atoms with Gasteiger partial charge in [-0.25, -0.2) is 0 Å². The number of hydrogen-bond donors (Lipinski definition) is 0. The monoisotopic (exact) mass is 369 g/mol. The van der Waals surface area contributed by atoms with Gasteiger partial charge in [-0.1, -0.05) is 6.07 Å². The minimum atomic E-state index is 0.0266. The zero-order valence-electron chi connectivity index (χ0n) is 16.5. The minimum Gasteiger partial charge on any atom is -0.496 e. The zero-order chi connectivity index (χ0) is 19.6. The molecule has 0 radical (unpaired) electrons. The lowest BCUT2D eigenvalue weighted by molar-refractivity contribution is -0.131. The molecule has 0 saturated carbocycles. The first-order valence-corrected chi connectivity index (χ1v) is 9.22. The van der Waals surface area contributed by atoms with Crippen molar-refractivity contribution >= 4 is 11.8 Å². The quantitative estimate of drug-likeness (QED) is 0.830. The Kier molecular flexibility index (Phi) is 5.54. The first-order chi connectivity index (χ1) is 12.9. The van der Waals surface area contributed by atoms with Gasteiger partial charge in [0.25, 0.3) is 5.91 Å². The van der Waals surface area contributed by atoms with Gasteiger partial charge in [0.15, 0.2) is 0 Å². The Morgan fingerprint density at radius 1 is 1.07 bits per heavy atom. The lowest BCUT2D eigenvalue weighted by Gasteiger charge is -2.35. The van der Waals surface area contributed by atoms with E-state index in [2.05, 4.69) is 6.07 Å². The second-order valence-corrected chi connectivity index (χ2v) is 7.18. The van der Waals surface area contributed by atoms with E-state index in [0.717, 1.165) is 22.4 Å². The predicted molar refractivity (Wildman–Crippen MR) is 104 cm³/mol. The van der Waals surface area contributed by atoms with Crippen LogP contribution in [0, 0.1) is 13.8 Å². The number of amides is 2. The number of hydrogen-bond acceptors (Lipinski definition) is 3. The standard InChI is InChI=1S/C21H27N3O3/c1-15-11-16(2)18(19(12-15)27-4)13-20(25)23-7-9-24(10-8-23)21(26)17-5-6-22(3)14-17/h5-6,11-12,14H,7-10,13H2,1-4H3. The molecule has 2 amide bonds. The number of aryl methyl sites for hydroxylation is 3. The van der Waals surface area contributed by atoms with E-state index in [1.165, 1.54) is 0 Å². The average Bonchev–Trinajstić information content (AvgIpc) is 3.09. The van der Waals surface area contributed by atoms with Crippen molar-refractivity contribution in [1.82, 2.24) is 14.4 Å². The molecule has 0 atom stereocenters. The molecule has 1 fully saturated rings. The minimum absolute atomic E-state index is 0.0266. The molecule has 1 aliphatic rings. The normalized spacial score (nSPS) is 14.4. The fourth-order valence-electron chi connectivity index (χ4n) is 3.60. The van der Waals surface area contributed by atoms with Gasteiger partial charge < -0.3 is 19.1 Å². The SMILES string of the molecule is COc1cc(C)cc(C)c1CC(=O)N1CCN(C(=O)c2ccn(C)c2)CC1. The van der Waals surface area contributed by atoms with E-state index in [9.17, 15) is 9.59 Å². The number of rotatable bonds is 4. The molecule has 1 aliphatic heterocycles. The summed E-state index contributed by atoms with van der Waals surface area (Å²) in [5.41, 5.74) is 3.82. The first kappa shape index (κ1) is 19.0. The summed E-state index contributed by atoms with van der Waals surface area (Å²) in [4.78, 5) is 29.0. The maximum atomic E-state index is 12.8. The van der Waals surface area contributed by atoms with E-state index in [4.69, 9.17) is 4.74 Å². The number of methoxy groups -OCH3 is 1. The molecule has 0 spiro atoms. The van der Waals surface area contributed by atoms with Crippen molar-refractivity contribution in [3.63, 3.8) is 0 Å². The largest absolute Gasteiger partial charge is 0.496 e. The van der Waals surface area contributed by atoms with E-state index >= 15 is 0 Å². The summed E-state index contributed by atoms with van der Waals surface area (Å²) in [6.07, 6.45) is 4.01. The van der Waals surface area contributed by atoms with E-state index in [1.54, 1.807) is 7.11 Å². The van der Waals surface area contributed by atoms with Crippen LogP contribution < -0.4 is 4.74 Å². The molecule has 0 N–H and O–H groups in total. The number of benzene rings is 1. The molecule has 0 aliphatic carbocycles. The van der Waals surface area contributed by atoms with Crippen LogP contribution in [0.25, 0.3) is 0 Å². The molecule has 2 aromatic rings. The van der Waals surface area contributed by atoms with E-state index in [-0.39, 0.29) is 11.8 Å². The van der Waals surface area contributed by atoms with Crippen LogP contribution in [0.4, 0.5) is 0 Å². The summed E-state index contributed by atoms with van der Waals surface area (Å²) in [5.74, 6) is 0.865. The van der Waals surface area contributed by atoms with Crippen molar-refractivity contribution < 1.29 is 14.3 Å². The van der Waals surface area contributed by atoms with Crippen molar-refractivity contribution in [3.8, 4) is 5.75 Å². The Labute approximate surface area is 160 Å². The van der Waals surface area contributed by atoms with Gasteiger partial charge in [0, 0.05) is 51.2 Å². The third-order valence-corrected chi connectivity index (χ3v) is 5.12. The number of carbonyl (C=O) groups is 2. The highest BCUT2D eigenvalue weighted by molar-refractivity contribution is 5.94. The van der Waals surface area contributed by atoms with Crippen LogP contribution in [0.1, 0.15) is 27.0 Å². The molecule has 27 heavy (non-hydrogen) atoms. The molecule has 1 aromatic heterocycles. The second-order valence-electron chi connectivity index (χ2n) is 7.18. The topological polar surface area (TPSA) is 54.8 Å². The summed E-state index contributed by atoms with van der Waals surface area (Å²) in [6, 6.07) is 5.86. The molecular weight excluding hydrogens is 342 g/mol. The van der Waals surface area contributed by atoms with Gasteiger partial charge >= 0.3 is 0 Å². The van der Waals surface area contributed by atoms with Gasteiger partial charge in [0.1, 0.15) is 5.75 Å². The van der Waals surface area contributed by atoms with Crippen molar-refractivity contribution in [2.24, 2.45) is 7.05 Å². The Hall–Kier alpha value is -2.76. The van der Waals surface area contributed by atoms with Gasteiger partial charge in [0.05, 0.1) is 19.1 Å². The molecule has 6 heteroatoms. The molecular formula is C21H27N3O3. The number of aromatic nitrogens is 1. The molecule has 144 valence electrons.